The fourth-order valence-corrected chi connectivity index (χ4v) is 1.01. The van der Waals surface area contributed by atoms with E-state index in [-0.39, 0.29) is 0 Å². The zero-order chi connectivity index (χ0) is 13.6. The Balaban J connectivity index is 4.48. The Kier molecular flexibility index (Phi) is 5.43. The van der Waals surface area contributed by atoms with Crippen LogP contribution in [0.1, 0.15) is 27.2 Å². The van der Waals surface area contributed by atoms with Crippen molar-refractivity contribution in [2.24, 2.45) is 0 Å². The number of ether oxygens (including phenoxy) is 1. The molecule has 1 atom stereocenters. The van der Waals surface area contributed by atoms with Gasteiger partial charge in [0.2, 0.25) is 5.91 Å². The molecule has 7 nitrogen and oxygen atoms in total. The lowest BCUT2D eigenvalue weighted by Gasteiger charge is -2.22. The van der Waals surface area contributed by atoms with Gasteiger partial charge >= 0.3 is 12.1 Å². The van der Waals surface area contributed by atoms with Crippen molar-refractivity contribution in [3.8, 4) is 0 Å². The lowest BCUT2D eigenvalue weighted by Crippen LogP contribution is -2.48. The van der Waals surface area contributed by atoms with E-state index in [1.165, 1.54) is 7.05 Å². The number of nitrogens with one attached hydrogen (secondary N) is 2. The maximum absolute atomic E-state index is 11.4. The molecule has 3 N–H and O–H groups in total. The molecule has 98 valence electrons. The minimum atomic E-state index is -1.19. The predicted molar refractivity (Wildman–Crippen MR) is 59.5 cm³/mol. The molecule has 17 heavy (non-hydrogen) atoms. The maximum atomic E-state index is 11.4. The van der Waals surface area contributed by atoms with Crippen molar-refractivity contribution < 1.29 is 24.2 Å². The van der Waals surface area contributed by atoms with Crippen molar-refractivity contribution in [3.05, 3.63) is 0 Å². The Bertz CT molecular complexity index is 308. The Morgan fingerprint density at radius 1 is 1.29 bits per heavy atom. The van der Waals surface area contributed by atoms with Gasteiger partial charge in [-0.15, -0.1) is 0 Å². The van der Waals surface area contributed by atoms with Crippen LogP contribution >= 0.6 is 0 Å². The molecule has 2 amide bonds. The molecule has 0 spiro atoms. The highest BCUT2D eigenvalue weighted by molar-refractivity contribution is 5.89. The number of amides is 2. The molecule has 0 aliphatic carbocycles. The Hall–Kier alpha value is -1.79. The van der Waals surface area contributed by atoms with Gasteiger partial charge in [-0.25, -0.2) is 4.79 Å². The Morgan fingerprint density at radius 3 is 2.18 bits per heavy atom. The molecule has 0 aliphatic heterocycles. The summed E-state index contributed by atoms with van der Waals surface area (Å²) in [6.07, 6.45) is -1.33. The molecule has 0 radical (unpaired) electrons. The van der Waals surface area contributed by atoms with Crippen molar-refractivity contribution in [1.82, 2.24) is 10.6 Å². The highest BCUT2D eigenvalue weighted by Gasteiger charge is 2.25. The third kappa shape index (κ3) is 7.15. The van der Waals surface area contributed by atoms with Gasteiger partial charge in [-0.1, -0.05) is 0 Å². The van der Waals surface area contributed by atoms with Crippen LogP contribution in [0.25, 0.3) is 0 Å². The third-order valence-electron chi connectivity index (χ3n) is 1.63. The van der Waals surface area contributed by atoms with E-state index in [9.17, 15) is 14.4 Å². The third-order valence-corrected chi connectivity index (χ3v) is 1.63. The summed E-state index contributed by atoms with van der Waals surface area (Å²) in [7, 11) is 1.36. The van der Waals surface area contributed by atoms with E-state index in [4.69, 9.17) is 9.84 Å². The first-order chi connectivity index (χ1) is 7.65. The standard InChI is InChI=1S/C10H18N2O5/c1-10(2,3)17-9(16)12-6(5-7(13)14)8(15)11-4/h6H,5H2,1-4H3,(H,11,15)(H,12,16)(H,13,14)/t6-/m0/s1. The molecular formula is C10H18N2O5. The second-order valence-corrected chi connectivity index (χ2v) is 4.41. The lowest BCUT2D eigenvalue weighted by molar-refractivity contribution is -0.139. The predicted octanol–water partition coefficient (Wildman–Crippen LogP) is 0.100. The molecule has 0 saturated heterocycles. The number of carboxylic acids is 1. The normalized spacial score (nSPS) is 12.5. The molecule has 0 aromatic heterocycles. The van der Waals surface area contributed by atoms with Gasteiger partial charge in [0, 0.05) is 7.05 Å². The molecule has 0 rings (SSSR count). The van der Waals surface area contributed by atoms with E-state index in [2.05, 4.69) is 10.6 Å². The summed E-state index contributed by atoms with van der Waals surface area (Å²) >= 11 is 0. The quantitative estimate of drug-likeness (QED) is 0.652. The topological polar surface area (TPSA) is 105 Å². The molecule has 7 heteroatoms. The van der Waals surface area contributed by atoms with Crippen LogP contribution in [0.4, 0.5) is 4.79 Å². The minimum absolute atomic E-state index is 0.501. The summed E-state index contributed by atoms with van der Waals surface area (Å²) in [5, 5.41) is 13.1. The van der Waals surface area contributed by atoms with E-state index in [1.807, 2.05) is 0 Å². The van der Waals surface area contributed by atoms with Crippen LogP contribution in [0.3, 0.4) is 0 Å². The van der Waals surface area contributed by atoms with Gasteiger partial charge in [0.15, 0.2) is 0 Å². The number of carbonyl (C=O) groups excluding carboxylic acids is 2. The summed E-state index contributed by atoms with van der Waals surface area (Å²) in [5.41, 5.74) is -0.708. The summed E-state index contributed by atoms with van der Waals surface area (Å²) in [4.78, 5) is 33.2. The molecule has 0 unspecified atom stereocenters. The fourth-order valence-electron chi connectivity index (χ4n) is 1.01. The van der Waals surface area contributed by atoms with Crippen LogP contribution in [0.15, 0.2) is 0 Å². The lowest BCUT2D eigenvalue weighted by atomic mass is 10.2. The molecule has 0 fully saturated rings. The largest absolute Gasteiger partial charge is 0.481 e. The summed E-state index contributed by atoms with van der Waals surface area (Å²) in [6, 6.07) is -1.15. The van der Waals surface area contributed by atoms with Crippen LogP contribution in [0, 0.1) is 0 Å². The summed E-state index contributed by atoms with van der Waals surface area (Å²) in [6.45, 7) is 5.00. The molecule has 0 aromatic carbocycles. The number of alkyl carbamates (subject to hydrolysis) is 1. The van der Waals surface area contributed by atoms with Crippen LogP contribution in [0.2, 0.25) is 0 Å². The second kappa shape index (κ2) is 6.07. The number of likely N-dealkylation sites (N-methyl/N-ethyl adjacent to an activating group) is 1. The monoisotopic (exact) mass is 246 g/mol. The van der Waals surface area contributed by atoms with Crippen molar-refractivity contribution >= 4 is 18.0 Å². The number of hydrogen-bond acceptors (Lipinski definition) is 4. The van der Waals surface area contributed by atoms with E-state index in [0.717, 1.165) is 0 Å². The zero-order valence-corrected chi connectivity index (χ0v) is 10.4. The van der Waals surface area contributed by atoms with Crippen molar-refractivity contribution in [2.45, 2.75) is 38.8 Å². The van der Waals surface area contributed by atoms with E-state index in [0.29, 0.717) is 0 Å². The highest BCUT2D eigenvalue weighted by atomic mass is 16.6. The first kappa shape index (κ1) is 15.2. The van der Waals surface area contributed by atoms with Crippen LogP contribution in [0.5, 0.6) is 0 Å². The van der Waals surface area contributed by atoms with Crippen molar-refractivity contribution in [3.63, 3.8) is 0 Å². The van der Waals surface area contributed by atoms with Gasteiger partial charge in [0.05, 0.1) is 6.42 Å². The molecule has 0 aromatic rings. The fraction of sp³-hybridized carbons (Fsp3) is 0.700. The van der Waals surface area contributed by atoms with Crippen LogP contribution in [-0.2, 0) is 14.3 Å². The molecule has 0 saturated carbocycles. The number of hydrogen-bond donors (Lipinski definition) is 3. The van der Waals surface area contributed by atoms with E-state index in [1.54, 1.807) is 20.8 Å². The first-order valence-electron chi connectivity index (χ1n) is 5.08. The van der Waals surface area contributed by atoms with E-state index < -0.39 is 36.0 Å². The smallest absolute Gasteiger partial charge is 0.408 e. The van der Waals surface area contributed by atoms with Crippen LogP contribution in [-0.4, -0.2) is 41.8 Å². The van der Waals surface area contributed by atoms with Crippen molar-refractivity contribution in [1.29, 1.82) is 0 Å². The maximum Gasteiger partial charge on any atom is 0.408 e. The average Bonchev–Trinajstić information content (AvgIpc) is 2.11. The second-order valence-electron chi connectivity index (χ2n) is 4.41. The highest BCUT2D eigenvalue weighted by Crippen LogP contribution is 2.07. The molecule has 0 heterocycles. The SMILES string of the molecule is CNC(=O)[C@H](CC(=O)O)NC(=O)OC(C)(C)C. The number of carboxylic acid groups (broad SMARTS) is 1. The van der Waals surface area contributed by atoms with Gasteiger partial charge in [-0.3, -0.25) is 9.59 Å². The molecular weight excluding hydrogens is 228 g/mol. The van der Waals surface area contributed by atoms with Crippen molar-refractivity contribution in [2.75, 3.05) is 7.05 Å². The number of carbonyl (C=O) groups is 3. The Morgan fingerprint density at radius 2 is 1.82 bits per heavy atom. The average molecular weight is 246 g/mol. The minimum Gasteiger partial charge on any atom is -0.481 e. The molecule has 0 bridgehead atoms. The first-order valence-corrected chi connectivity index (χ1v) is 5.08. The van der Waals surface area contributed by atoms with Crippen LogP contribution < -0.4 is 10.6 Å². The molecule has 0 aliphatic rings. The summed E-state index contributed by atoms with van der Waals surface area (Å²) < 4.78 is 4.92. The summed E-state index contributed by atoms with van der Waals surface area (Å²) in [5.74, 6) is -1.77. The number of aliphatic carboxylic acids is 1. The van der Waals surface area contributed by atoms with Gasteiger partial charge in [0.25, 0.3) is 0 Å². The number of rotatable bonds is 4. The van der Waals surface area contributed by atoms with E-state index >= 15 is 0 Å². The van der Waals surface area contributed by atoms with Gasteiger partial charge in [-0.2, -0.15) is 0 Å². The van der Waals surface area contributed by atoms with Gasteiger partial charge < -0.3 is 20.5 Å². The van der Waals surface area contributed by atoms with Gasteiger partial charge in [0.1, 0.15) is 11.6 Å². The Labute approximate surface area is 99.5 Å². The zero-order valence-electron chi connectivity index (χ0n) is 10.4. The van der Waals surface area contributed by atoms with Gasteiger partial charge in [-0.05, 0) is 20.8 Å².